The van der Waals surface area contributed by atoms with Gasteiger partial charge in [0.15, 0.2) is 0 Å². The number of carbonyl (C=O) groups excluding carboxylic acids is 1. The van der Waals surface area contributed by atoms with Crippen molar-refractivity contribution in [1.29, 1.82) is 0 Å². The lowest BCUT2D eigenvalue weighted by Gasteiger charge is -2.11. The van der Waals surface area contributed by atoms with Gasteiger partial charge < -0.3 is 15.2 Å². The lowest BCUT2D eigenvalue weighted by molar-refractivity contribution is -0.116. The third kappa shape index (κ3) is 5.27. The molecule has 0 radical (unpaired) electrons. The second kappa shape index (κ2) is 8.15. The Morgan fingerprint density at radius 2 is 2.00 bits per heavy atom. The third-order valence-electron chi connectivity index (χ3n) is 3.44. The highest BCUT2D eigenvalue weighted by Gasteiger charge is 2.08. The van der Waals surface area contributed by atoms with Gasteiger partial charge in [0.05, 0.1) is 13.2 Å². The Morgan fingerprint density at radius 1 is 1.26 bits per heavy atom. The van der Waals surface area contributed by atoms with Crippen molar-refractivity contribution in [2.75, 3.05) is 13.7 Å². The summed E-state index contributed by atoms with van der Waals surface area (Å²) in [6.07, 6.45) is 2.47. The van der Waals surface area contributed by atoms with Crippen LogP contribution in [0.15, 0.2) is 54.6 Å². The molecule has 0 fully saturated rings. The van der Waals surface area contributed by atoms with Crippen LogP contribution in [0.25, 0.3) is 6.08 Å². The van der Waals surface area contributed by atoms with Crippen LogP contribution in [0.1, 0.15) is 22.8 Å². The van der Waals surface area contributed by atoms with Crippen LogP contribution in [0.4, 0.5) is 0 Å². The Bertz CT molecular complexity index is 677. The van der Waals surface area contributed by atoms with Crippen LogP contribution >= 0.6 is 0 Å². The van der Waals surface area contributed by atoms with E-state index < -0.39 is 6.10 Å². The highest BCUT2D eigenvalue weighted by Crippen LogP contribution is 2.16. The van der Waals surface area contributed by atoms with E-state index in [2.05, 4.69) is 5.32 Å². The molecule has 4 heteroatoms. The zero-order valence-corrected chi connectivity index (χ0v) is 13.3. The van der Waals surface area contributed by atoms with Crippen molar-refractivity contribution in [2.45, 2.75) is 13.0 Å². The Morgan fingerprint density at radius 3 is 2.65 bits per heavy atom. The van der Waals surface area contributed by atoms with Gasteiger partial charge in [-0.25, -0.2) is 0 Å². The summed E-state index contributed by atoms with van der Waals surface area (Å²) in [5, 5.41) is 12.8. The first-order valence-electron chi connectivity index (χ1n) is 7.43. The predicted molar refractivity (Wildman–Crippen MR) is 91.2 cm³/mol. The van der Waals surface area contributed by atoms with Gasteiger partial charge in [-0.15, -0.1) is 0 Å². The maximum absolute atomic E-state index is 11.8. The summed E-state index contributed by atoms with van der Waals surface area (Å²) < 4.78 is 5.07. The minimum Gasteiger partial charge on any atom is -0.497 e. The number of hydrogen-bond acceptors (Lipinski definition) is 3. The van der Waals surface area contributed by atoms with Crippen LogP contribution in [0.3, 0.4) is 0 Å². The van der Waals surface area contributed by atoms with E-state index in [1.807, 2.05) is 31.2 Å². The summed E-state index contributed by atoms with van der Waals surface area (Å²) in [7, 11) is 1.59. The van der Waals surface area contributed by atoms with Gasteiger partial charge in [-0.3, -0.25) is 4.79 Å². The Labute approximate surface area is 136 Å². The second-order valence-electron chi connectivity index (χ2n) is 5.28. The molecule has 1 atom stereocenters. The fraction of sp³-hybridized carbons (Fsp3) is 0.211. The summed E-state index contributed by atoms with van der Waals surface area (Å²) >= 11 is 0. The van der Waals surface area contributed by atoms with Gasteiger partial charge in [0, 0.05) is 12.6 Å². The first-order valence-corrected chi connectivity index (χ1v) is 7.43. The highest BCUT2D eigenvalue weighted by atomic mass is 16.5. The summed E-state index contributed by atoms with van der Waals surface area (Å²) in [5.41, 5.74) is 2.84. The molecule has 0 spiro atoms. The molecule has 120 valence electrons. The molecule has 0 saturated carbocycles. The van der Waals surface area contributed by atoms with Crippen LogP contribution < -0.4 is 10.1 Å². The largest absolute Gasteiger partial charge is 0.497 e. The monoisotopic (exact) mass is 311 g/mol. The normalized spacial score (nSPS) is 12.1. The Hall–Kier alpha value is -2.59. The molecular weight excluding hydrogens is 290 g/mol. The van der Waals surface area contributed by atoms with Gasteiger partial charge in [0.1, 0.15) is 5.75 Å². The minimum atomic E-state index is -0.753. The van der Waals surface area contributed by atoms with Crippen molar-refractivity contribution in [3.05, 3.63) is 71.3 Å². The van der Waals surface area contributed by atoms with Crippen molar-refractivity contribution in [2.24, 2.45) is 0 Å². The maximum atomic E-state index is 11.8. The fourth-order valence-electron chi connectivity index (χ4n) is 2.15. The van der Waals surface area contributed by atoms with Crippen molar-refractivity contribution >= 4 is 12.0 Å². The predicted octanol–water partition coefficient (Wildman–Crippen LogP) is 2.87. The molecule has 0 aliphatic heterocycles. The summed E-state index contributed by atoms with van der Waals surface area (Å²) in [5.74, 6) is 0.491. The van der Waals surface area contributed by atoms with Gasteiger partial charge in [-0.05, 0) is 36.3 Å². The first kappa shape index (κ1) is 16.8. The average molecular weight is 311 g/mol. The smallest absolute Gasteiger partial charge is 0.244 e. The molecule has 2 aromatic carbocycles. The van der Waals surface area contributed by atoms with E-state index in [0.29, 0.717) is 0 Å². The SMILES string of the molecule is COc1ccc(C(O)CNC(=O)/C=C/c2cccc(C)c2)cc1. The number of amides is 1. The van der Waals surface area contributed by atoms with Crippen LogP contribution in [0, 0.1) is 6.92 Å². The second-order valence-corrected chi connectivity index (χ2v) is 5.28. The number of hydrogen-bond donors (Lipinski definition) is 2. The van der Waals surface area contributed by atoms with Crippen molar-refractivity contribution in [3.8, 4) is 5.75 Å². The molecular formula is C19H21NO3. The molecule has 0 saturated heterocycles. The summed E-state index contributed by atoms with van der Waals surface area (Å²) in [6.45, 7) is 2.16. The summed E-state index contributed by atoms with van der Waals surface area (Å²) in [6, 6.07) is 15.0. The zero-order chi connectivity index (χ0) is 16.7. The standard InChI is InChI=1S/C19H21NO3/c1-14-4-3-5-15(12-14)6-11-19(22)20-13-18(21)16-7-9-17(23-2)10-8-16/h3-12,18,21H,13H2,1-2H3,(H,20,22)/b11-6+. The zero-order valence-electron chi connectivity index (χ0n) is 13.3. The molecule has 2 rings (SSSR count). The number of ether oxygens (including phenoxy) is 1. The molecule has 1 amide bonds. The lowest BCUT2D eigenvalue weighted by Crippen LogP contribution is -2.26. The van der Waals surface area contributed by atoms with Crippen LogP contribution in [0.5, 0.6) is 5.75 Å². The van der Waals surface area contributed by atoms with Crippen molar-refractivity contribution in [3.63, 3.8) is 0 Å². The average Bonchev–Trinajstić information content (AvgIpc) is 2.58. The number of aliphatic hydroxyl groups is 1. The Balaban J connectivity index is 1.85. The molecule has 1 unspecified atom stereocenters. The fourth-order valence-corrected chi connectivity index (χ4v) is 2.15. The molecule has 0 aliphatic carbocycles. The molecule has 2 N–H and O–H groups in total. The number of aryl methyl sites for hydroxylation is 1. The van der Waals surface area contributed by atoms with Crippen LogP contribution in [0.2, 0.25) is 0 Å². The lowest BCUT2D eigenvalue weighted by atomic mass is 10.1. The Kier molecular flexibility index (Phi) is 5.94. The number of carbonyl (C=O) groups is 1. The first-order chi connectivity index (χ1) is 11.1. The number of rotatable bonds is 6. The van der Waals surface area contributed by atoms with E-state index in [1.54, 1.807) is 37.5 Å². The third-order valence-corrected chi connectivity index (χ3v) is 3.44. The molecule has 2 aromatic rings. The topological polar surface area (TPSA) is 58.6 Å². The highest BCUT2D eigenvalue weighted by molar-refractivity contribution is 5.91. The van der Waals surface area contributed by atoms with Gasteiger partial charge in [0.2, 0.25) is 5.91 Å². The quantitative estimate of drug-likeness (QED) is 0.807. The summed E-state index contributed by atoms with van der Waals surface area (Å²) in [4.78, 5) is 11.8. The van der Waals surface area contributed by atoms with E-state index in [1.165, 1.54) is 6.08 Å². The molecule has 0 aromatic heterocycles. The molecule has 4 nitrogen and oxygen atoms in total. The minimum absolute atomic E-state index is 0.156. The number of aliphatic hydroxyl groups excluding tert-OH is 1. The number of benzene rings is 2. The molecule has 0 bridgehead atoms. The van der Waals surface area contributed by atoms with Gasteiger partial charge in [-0.2, -0.15) is 0 Å². The number of nitrogens with one attached hydrogen (secondary N) is 1. The van der Waals surface area contributed by atoms with E-state index in [9.17, 15) is 9.90 Å². The van der Waals surface area contributed by atoms with E-state index in [-0.39, 0.29) is 12.5 Å². The molecule has 0 heterocycles. The van der Waals surface area contributed by atoms with E-state index in [4.69, 9.17) is 4.74 Å². The molecule has 23 heavy (non-hydrogen) atoms. The van der Waals surface area contributed by atoms with Crippen molar-refractivity contribution < 1.29 is 14.6 Å². The van der Waals surface area contributed by atoms with Crippen LogP contribution in [-0.4, -0.2) is 24.7 Å². The van der Waals surface area contributed by atoms with Gasteiger partial charge >= 0.3 is 0 Å². The van der Waals surface area contributed by atoms with E-state index in [0.717, 1.165) is 22.4 Å². The molecule has 0 aliphatic rings. The number of methoxy groups -OCH3 is 1. The van der Waals surface area contributed by atoms with Gasteiger partial charge in [0.25, 0.3) is 0 Å². The van der Waals surface area contributed by atoms with Crippen molar-refractivity contribution in [1.82, 2.24) is 5.32 Å². The van der Waals surface area contributed by atoms with E-state index >= 15 is 0 Å². The maximum Gasteiger partial charge on any atom is 0.244 e. The van der Waals surface area contributed by atoms with Crippen LogP contribution in [-0.2, 0) is 4.79 Å². The van der Waals surface area contributed by atoms with Gasteiger partial charge in [-0.1, -0.05) is 42.0 Å².